The summed E-state index contributed by atoms with van der Waals surface area (Å²) in [6.07, 6.45) is -0.435. The van der Waals surface area contributed by atoms with Gasteiger partial charge in [0.05, 0.1) is 0 Å². The topological polar surface area (TPSA) is 199 Å². The van der Waals surface area contributed by atoms with E-state index in [4.69, 9.17) is 30.4 Å². The molecule has 0 bridgehead atoms. The van der Waals surface area contributed by atoms with Crippen molar-refractivity contribution >= 4 is 31.8 Å². The van der Waals surface area contributed by atoms with Crippen molar-refractivity contribution < 1.29 is 43.7 Å². The first-order valence-corrected chi connectivity index (χ1v) is 8.53. The monoisotopic (exact) mass is 341 g/mol. The van der Waals surface area contributed by atoms with E-state index in [2.05, 4.69) is 0 Å². The molecule has 118 valence electrons. The second-order valence-corrected chi connectivity index (χ2v) is 7.36. The first-order chi connectivity index (χ1) is 9.34. The van der Waals surface area contributed by atoms with Gasteiger partial charge < -0.3 is 35.5 Å². The third kappa shape index (κ3) is 4.36. The number of carboxylic acid groups (broad SMARTS) is 1. The number of carbonyl (C=O) groups is 1. The molecular weight excluding hydrogens is 328 g/mol. The van der Waals surface area contributed by atoms with Crippen LogP contribution in [0, 0.1) is 0 Å². The first-order valence-electron chi connectivity index (χ1n) is 5.30. The van der Waals surface area contributed by atoms with Crippen LogP contribution in [0.4, 0.5) is 0 Å². The summed E-state index contributed by atoms with van der Waals surface area (Å²) in [7, 11) is -10.1. The molecule has 0 saturated heterocycles. The fraction of sp³-hybridized carbons (Fsp3) is 0.222. The summed E-state index contributed by atoms with van der Waals surface area (Å²) in [6.45, 7) is 0. The van der Waals surface area contributed by atoms with E-state index in [0.717, 1.165) is 12.1 Å². The van der Waals surface area contributed by atoms with Gasteiger partial charge in [-0.15, -0.1) is 0 Å². The molecule has 1 atom stereocenters. The zero-order valence-corrected chi connectivity index (χ0v) is 12.1. The van der Waals surface area contributed by atoms with Crippen LogP contribution in [0.5, 0.6) is 5.75 Å². The summed E-state index contributed by atoms with van der Waals surface area (Å²) >= 11 is 0. The Morgan fingerprint density at radius 3 is 1.76 bits per heavy atom. The van der Waals surface area contributed by atoms with Gasteiger partial charge in [-0.3, -0.25) is 13.9 Å². The maximum atomic E-state index is 11.2. The minimum atomic E-state index is -5.03. The maximum Gasteiger partial charge on any atom is 0.359 e. The van der Waals surface area contributed by atoms with Crippen LogP contribution in [0.2, 0.25) is 0 Å². The third-order valence-corrected chi connectivity index (χ3v) is 4.47. The summed E-state index contributed by atoms with van der Waals surface area (Å²) in [5, 5.41) is 16.3. The molecule has 21 heavy (non-hydrogen) atoms. The maximum absolute atomic E-state index is 11.2. The Hall–Kier alpha value is -1.25. The lowest BCUT2D eigenvalue weighted by Gasteiger charge is -2.15. The Labute approximate surface area is 118 Å². The molecule has 0 spiro atoms. The molecule has 1 aromatic rings. The van der Waals surface area contributed by atoms with Crippen molar-refractivity contribution in [3.63, 3.8) is 0 Å². The molecule has 0 fully saturated rings. The van der Waals surface area contributed by atoms with Crippen LogP contribution >= 0.6 is 15.2 Å². The van der Waals surface area contributed by atoms with Crippen molar-refractivity contribution in [2.75, 3.05) is 0 Å². The minimum absolute atomic E-state index is 0.139. The molecule has 0 aliphatic carbocycles. The van der Waals surface area contributed by atoms with E-state index in [-0.39, 0.29) is 5.56 Å². The zero-order valence-electron chi connectivity index (χ0n) is 10.3. The Morgan fingerprint density at radius 2 is 1.48 bits per heavy atom. The van der Waals surface area contributed by atoms with Crippen molar-refractivity contribution in [3.05, 3.63) is 17.7 Å². The Morgan fingerprint density at radius 1 is 1.10 bits per heavy atom. The predicted octanol–water partition coefficient (Wildman–Crippen LogP) is -2.05. The smallest absolute Gasteiger partial charge is 0.359 e. The number of benzene rings is 1. The lowest BCUT2D eigenvalue weighted by molar-refractivity contribution is -0.138. The lowest BCUT2D eigenvalue weighted by atomic mass is 10.1. The van der Waals surface area contributed by atoms with Gasteiger partial charge in [-0.05, 0) is 24.1 Å². The van der Waals surface area contributed by atoms with Crippen LogP contribution < -0.4 is 16.3 Å². The van der Waals surface area contributed by atoms with Gasteiger partial charge in [0.2, 0.25) is 0 Å². The van der Waals surface area contributed by atoms with Gasteiger partial charge in [-0.2, -0.15) is 0 Å². The summed E-state index contributed by atoms with van der Waals surface area (Å²) in [5.41, 5.74) is 5.12. The number of hydrogen-bond donors (Lipinski definition) is 7. The SMILES string of the molecule is N[C@@H](Cc1cc(P(=O)(O)O)c(O)c(P(=O)(O)O)c1)C(=O)O. The highest BCUT2D eigenvalue weighted by Crippen LogP contribution is 2.42. The van der Waals surface area contributed by atoms with Gasteiger partial charge >= 0.3 is 21.2 Å². The number of aromatic hydroxyl groups is 1. The number of carboxylic acids is 1. The molecule has 0 saturated carbocycles. The highest BCUT2D eigenvalue weighted by molar-refractivity contribution is 7.62. The Kier molecular flexibility index (Phi) is 4.97. The van der Waals surface area contributed by atoms with Gasteiger partial charge in [0.25, 0.3) is 0 Å². The predicted molar refractivity (Wildman–Crippen MR) is 70.8 cm³/mol. The summed E-state index contributed by atoms with van der Waals surface area (Å²) in [6, 6.07) is 0.0830. The number of phenols is 1. The summed E-state index contributed by atoms with van der Waals surface area (Å²) in [5.74, 6) is -2.64. The van der Waals surface area contributed by atoms with Crippen molar-refractivity contribution in [2.24, 2.45) is 5.73 Å². The fourth-order valence-electron chi connectivity index (χ4n) is 1.56. The number of rotatable bonds is 5. The minimum Gasteiger partial charge on any atom is -0.506 e. The molecule has 0 unspecified atom stereocenters. The Balaban J connectivity index is 3.52. The van der Waals surface area contributed by atoms with E-state index >= 15 is 0 Å². The van der Waals surface area contributed by atoms with Gasteiger partial charge in [0.1, 0.15) is 22.4 Å². The van der Waals surface area contributed by atoms with Crippen LogP contribution in [-0.2, 0) is 20.3 Å². The van der Waals surface area contributed by atoms with E-state index in [1.54, 1.807) is 0 Å². The number of aliphatic carboxylic acids is 1. The summed E-state index contributed by atoms with van der Waals surface area (Å²) in [4.78, 5) is 47.0. The van der Waals surface area contributed by atoms with Gasteiger partial charge in [-0.1, -0.05) is 0 Å². The van der Waals surface area contributed by atoms with Crippen molar-refractivity contribution in [1.29, 1.82) is 0 Å². The number of hydrogen-bond acceptors (Lipinski definition) is 5. The van der Waals surface area contributed by atoms with Crippen LogP contribution in [-0.4, -0.2) is 41.8 Å². The molecule has 1 aromatic carbocycles. The molecular formula is C9H13NO9P2. The van der Waals surface area contributed by atoms with Crippen molar-refractivity contribution in [3.8, 4) is 5.75 Å². The molecule has 0 aromatic heterocycles. The molecule has 10 nitrogen and oxygen atoms in total. The van der Waals surface area contributed by atoms with E-state index in [1.807, 2.05) is 0 Å². The molecule has 12 heteroatoms. The average Bonchev–Trinajstić information content (AvgIpc) is 2.27. The van der Waals surface area contributed by atoms with E-state index in [9.17, 15) is 19.0 Å². The molecule has 0 aliphatic rings. The van der Waals surface area contributed by atoms with Crippen molar-refractivity contribution in [1.82, 2.24) is 0 Å². The zero-order chi connectivity index (χ0) is 16.6. The standard InChI is InChI=1S/C9H13NO9P2/c10-5(9(12)13)1-4-2-6(20(14,15)16)8(11)7(3-4)21(17,18)19/h2-3,5,11H,1,10H2,(H,12,13)(H2,14,15,16)(H2,17,18,19)/t5-/m0/s1. The van der Waals surface area contributed by atoms with Gasteiger partial charge in [0, 0.05) is 0 Å². The van der Waals surface area contributed by atoms with E-state index in [0.29, 0.717) is 0 Å². The normalized spacial score (nSPS) is 14.0. The summed E-state index contributed by atoms with van der Waals surface area (Å²) < 4.78 is 22.5. The van der Waals surface area contributed by atoms with Gasteiger partial charge in [-0.25, -0.2) is 0 Å². The molecule has 0 heterocycles. The van der Waals surface area contributed by atoms with Crippen molar-refractivity contribution in [2.45, 2.75) is 12.5 Å². The first kappa shape index (κ1) is 17.8. The second-order valence-electron chi connectivity index (χ2n) is 4.22. The molecule has 1 rings (SSSR count). The van der Waals surface area contributed by atoms with E-state index < -0.39 is 50.0 Å². The lowest BCUT2D eigenvalue weighted by Crippen LogP contribution is -2.33. The molecule has 8 N–H and O–H groups in total. The fourth-order valence-corrected chi connectivity index (χ4v) is 3.11. The highest BCUT2D eigenvalue weighted by Gasteiger charge is 2.31. The Bertz CT molecular complexity index is 618. The third-order valence-electron chi connectivity index (χ3n) is 2.53. The molecule has 0 aliphatic heterocycles. The van der Waals surface area contributed by atoms with Crippen LogP contribution in [0.25, 0.3) is 0 Å². The number of phenolic OH excluding ortho intramolecular Hbond substituents is 1. The van der Waals surface area contributed by atoms with E-state index in [1.165, 1.54) is 0 Å². The second kappa shape index (κ2) is 5.86. The largest absolute Gasteiger partial charge is 0.506 e. The molecule has 0 radical (unpaired) electrons. The average molecular weight is 341 g/mol. The highest BCUT2D eigenvalue weighted by atomic mass is 31.2. The van der Waals surface area contributed by atoms with Crippen LogP contribution in [0.15, 0.2) is 12.1 Å². The van der Waals surface area contributed by atoms with Crippen LogP contribution in [0.3, 0.4) is 0 Å². The van der Waals surface area contributed by atoms with Crippen LogP contribution in [0.1, 0.15) is 5.56 Å². The quantitative estimate of drug-likeness (QED) is 0.292. The van der Waals surface area contributed by atoms with Gasteiger partial charge in [0.15, 0.2) is 0 Å². The molecule has 0 amide bonds. The number of nitrogens with two attached hydrogens (primary N) is 1.